The highest BCUT2D eigenvalue weighted by atomic mass is 31.1. The van der Waals surface area contributed by atoms with Crippen molar-refractivity contribution < 1.29 is 0 Å². The Labute approximate surface area is 220 Å². The normalized spacial score (nSPS) is 12.6. The van der Waals surface area contributed by atoms with Gasteiger partial charge in [0.05, 0.1) is 16.6 Å². The highest BCUT2D eigenvalue weighted by Crippen LogP contribution is 2.37. The minimum Gasteiger partial charge on any atom is -0.292 e. The molecule has 0 bridgehead atoms. The molecule has 3 nitrogen and oxygen atoms in total. The molecule has 3 aromatic heterocycles. The number of pyridine rings is 2. The van der Waals surface area contributed by atoms with Gasteiger partial charge in [0.25, 0.3) is 0 Å². The largest absolute Gasteiger partial charge is 0.292 e. The van der Waals surface area contributed by atoms with Crippen LogP contribution in [0.4, 0.5) is 0 Å². The second kappa shape index (κ2) is 8.48. The van der Waals surface area contributed by atoms with E-state index in [1.54, 1.807) is 0 Å². The van der Waals surface area contributed by atoms with Gasteiger partial charge in [-0.3, -0.25) is 9.38 Å². The number of aromatic nitrogens is 3. The Hall–Kier alpha value is -4.59. The number of hydrogen-bond acceptors (Lipinski definition) is 2. The third-order valence-electron chi connectivity index (χ3n) is 7.39. The zero-order valence-electron chi connectivity index (χ0n) is 20.5. The van der Waals surface area contributed by atoms with E-state index in [9.17, 15) is 0 Å². The van der Waals surface area contributed by atoms with Gasteiger partial charge in [-0.25, -0.2) is 4.98 Å². The van der Waals surface area contributed by atoms with Crippen LogP contribution in [0, 0.1) is 0 Å². The topological polar surface area (TPSA) is 30.2 Å². The van der Waals surface area contributed by atoms with Crippen LogP contribution < -0.4 is 15.9 Å². The summed E-state index contributed by atoms with van der Waals surface area (Å²) in [5.41, 5.74) is 4.33. The average molecular weight is 504 g/mol. The third-order valence-corrected chi connectivity index (χ3v) is 9.76. The van der Waals surface area contributed by atoms with E-state index in [1.165, 1.54) is 48.4 Å². The molecule has 8 aromatic rings. The molecule has 38 heavy (non-hydrogen) atoms. The fourth-order valence-corrected chi connectivity index (χ4v) is 7.97. The van der Waals surface area contributed by atoms with Crippen molar-refractivity contribution in [3.63, 3.8) is 0 Å². The van der Waals surface area contributed by atoms with Gasteiger partial charge in [0, 0.05) is 28.5 Å². The first-order chi connectivity index (χ1) is 18.8. The van der Waals surface area contributed by atoms with Crippen LogP contribution in [0.1, 0.15) is 0 Å². The van der Waals surface area contributed by atoms with Crippen LogP contribution in [-0.4, -0.2) is 14.4 Å². The molecule has 5 aromatic carbocycles. The zero-order valence-corrected chi connectivity index (χ0v) is 21.4. The molecule has 0 radical (unpaired) electrons. The SMILES string of the molecule is c1cncc(P(c2ccc3ccccc3c2)c2ccc3c(c2)c2ccccc2n2c4ccccc4nc32)c1. The molecule has 0 N–H and O–H groups in total. The van der Waals surface area contributed by atoms with Gasteiger partial charge in [-0.05, 0) is 77.2 Å². The van der Waals surface area contributed by atoms with Gasteiger partial charge in [0.15, 0.2) is 0 Å². The van der Waals surface area contributed by atoms with E-state index in [4.69, 9.17) is 4.98 Å². The third kappa shape index (κ3) is 3.26. The fraction of sp³-hybridized carbons (Fsp3) is 0. The second-order valence-electron chi connectivity index (χ2n) is 9.58. The summed E-state index contributed by atoms with van der Waals surface area (Å²) in [5, 5.41) is 10.0. The number of para-hydroxylation sites is 3. The molecule has 0 aliphatic heterocycles. The van der Waals surface area contributed by atoms with Crippen molar-refractivity contribution in [1.29, 1.82) is 0 Å². The molecule has 3 heterocycles. The second-order valence-corrected chi connectivity index (χ2v) is 11.8. The number of imidazole rings is 1. The average Bonchev–Trinajstić information content (AvgIpc) is 3.38. The standard InChI is InChI=1S/C34H22N3P/c1-2-9-24-20-25(16-15-23(24)8-1)38(27-10-7-19-35-22-27)26-17-18-29-30(21-26)28-11-3-5-13-32(28)37-33-14-6-4-12-31(33)36-34(29)37/h1-22H. The Morgan fingerprint density at radius 2 is 1.29 bits per heavy atom. The molecule has 0 amide bonds. The van der Waals surface area contributed by atoms with Crippen molar-refractivity contribution >= 4 is 73.0 Å². The monoisotopic (exact) mass is 503 g/mol. The van der Waals surface area contributed by atoms with Gasteiger partial charge in [-0.15, -0.1) is 0 Å². The van der Waals surface area contributed by atoms with Gasteiger partial charge in [0.2, 0.25) is 0 Å². The maximum Gasteiger partial charge on any atom is 0.146 e. The highest BCUT2D eigenvalue weighted by molar-refractivity contribution is 7.79. The molecule has 178 valence electrons. The van der Waals surface area contributed by atoms with Crippen LogP contribution in [0.2, 0.25) is 0 Å². The lowest BCUT2D eigenvalue weighted by Gasteiger charge is -2.20. The smallest absolute Gasteiger partial charge is 0.146 e. The van der Waals surface area contributed by atoms with Gasteiger partial charge < -0.3 is 0 Å². The molecule has 0 fully saturated rings. The van der Waals surface area contributed by atoms with Gasteiger partial charge in [0.1, 0.15) is 5.65 Å². The van der Waals surface area contributed by atoms with Gasteiger partial charge in [-0.1, -0.05) is 78.9 Å². The molecule has 0 saturated heterocycles. The summed E-state index contributed by atoms with van der Waals surface area (Å²) in [7, 11) is -0.800. The van der Waals surface area contributed by atoms with E-state index < -0.39 is 7.92 Å². The van der Waals surface area contributed by atoms with Crippen LogP contribution in [0.15, 0.2) is 134 Å². The first-order valence-corrected chi connectivity index (χ1v) is 14.1. The Morgan fingerprint density at radius 3 is 2.18 bits per heavy atom. The van der Waals surface area contributed by atoms with E-state index in [0.29, 0.717) is 0 Å². The van der Waals surface area contributed by atoms with Crippen LogP contribution in [0.5, 0.6) is 0 Å². The van der Waals surface area contributed by atoms with E-state index in [2.05, 4.69) is 125 Å². The van der Waals surface area contributed by atoms with Crippen molar-refractivity contribution in [3.8, 4) is 0 Å². The summed E-state index contributed by atoms with van der Waals surface area (Å²) in [6.45, 7) is 0. The van der Waals surface area contributed by atoms with Crippen LogP contribution in [-0.2, 0) is 0 Å². The van der Waals surface area contributed by atoms with E-state index in [0.717, 1.165) is 16.7 Å². The Balaban J connectivity index is 1.44. The predicted molar refractivity (Wildman–Crippen MR) is 162 cm³/mol. The van der Waals surface area contributed by atoms with Crippen LogP contribution >= 0.6 is 7.92 Å². The minimum absolute atomic E-state index is 0.800. The van der Waals surface area contributed by atoms with Gasteiger partial charge in [-0.2, -0.15) is 0 Å². The molecular weight excluding hydrogens is 481 g/mol. The van der Waals surface area contributed by atoms with Crippen molar-refractivity contribution in [1.82, 2.24) is 14.4 Å². The number of fused-ring (bicyclic) bond motifs is 9. The maximum absolute atomic E-state index is 5.08. The van der Waals surface area contributed by atoms with Crippen molar-refractivity contribution in [2.45, 2.75) is 0 Å². The van der Waals surface area contributed by atoms with Crippen molar-refractivity contribution in [2.75, 3.05) is 0 Å². The highest BCUT2D eigenvalue weighted by Gasteiger charge is 2.20. The number of benzene rings is 5. The summed E-state index contributed by atoms with van der Waals surface area (Å²) in [6.07, 6.45) is 3.87. The Kier molecular flexibility index (Phi) is 4.80. The zero-order chi connectivity index (χ0) is 25.1. The van der Waals surface area contributed by atoms with Crippen LogP contribution in [0.3, 0.4) is 0 Å². The van der Waals surface area contributed by atoms with E-state index in [1.807, 2.05) is 18.5 Å². The number of nitrogens with zero attached hydrogens (tertiary/aromatic N) is 3. The molecular formula is C34H22N3P. The molecule has 0 aliphatic carbocycles. The molecule has 1 unspecified atom stereocenters. The summed E-state index contributed by atoms with van der Waals surface area (Å²) in [5.74, 6) is 0. The summed E-state index contributed by atoms with van der Waals surface area (Å²) < 4.78 is 2.31. The van der Waals surface area contributed by atoms with E-state index in [-0.39, 0.29) is 0 Å². The lowest BCUT2D eigenvalue weighted by Crippen LogP contribution is -2.21. The Morgan fingerprint density at radius 1 is 0.526 bits per heavy atom. The molecule has 8 rings (SSSR count). The Bertz CT molecular complexity index is 2150. The van der Waals surface area contributed by atoms with E-state index >= 15 is 0 Å². The molecule has 0 aliphatic rings. The maximum atomic E-state index is 5.08. The van der Waals surface area contributed by atoms with Crippen molar-refractivity contribution in [3.05, 3.63) is 134 Å². The molecule has 0 saturated carbocycles. The number of hydrogen-bond donors (Lipinski definition) is 0. The summed E-state index contributed by atoms with van der Waals surface area (Å²) in [6, 6.07) is 43.7. The lowest BCUT2D eigenvalue weighted by atomic mass is 10.1. The molecule has 4 heteroatoms. The van der Waals surface area contributed by atoms with Crippen LogP contribution in [0.25, 0.3) is 49.1 Å². The first kappa shape index (κ1) is 21.5. The number of rotatable bonds is 3. The first-order valence-electron chi connectivity index (χ1n) is 12.8. The summed E-state index contributed by atoms with van der Waals surface area (Å²) in [4.78, 5) is 9.58. The van der Waals surface area contributed by atoms with Gasteiger partial charge >= 0.3 is 0 Å². The predicted octanol–water partition coefficient (Wildman–Crippen LogP) is 7.10. The summed E-state index contributed by atoms with van der Waals surface area (Å²) >= 11 is 0. The fourth-order valence-electron chi connectivity index (χ4n) is 5.69. The quantitative estimate of drug-likeness (QED) is 0.190. The minimum atomic E-state index is -0.800. The molecule has 1 atom stereocenters. The lowest BCUT2D eigenvalue weighted by molar-refractivity contribution is 1.32. The molecule has 0 spiro atoms. The van der Waals surface area contributed by atoms with Crippen molar-refractivity contribution in [2.24, 2.45) is 0 Å².